The molecule has 1 fully saturated rings. The second-order valence-corrected chi connectivity index (χ2v) is 5.18. The Morgan fingerprint density at radius 3 is 3.05 bits per heavy atom. The molecule has 1 N–H and O–H groups in total. The lowest BCUT2D eigenvalue weighted by atomic mass is 10.2. The Morgan fingerprint density at radius 2 is 2.37 bits per heavy atom. The number of aromatic nitrogens is 4. The molecule has 2 aromatic heterocycles. The molecule has 6 heteroatoms. The van der Waals surface area contributed by atoms with Gasteiger partial charge in [-0.15, -0.1) is 0 Å². The predicted octanol–water partition coefficient (Wildman–Crippen LogP) is 2.74. The van der Waals surface area contributed by atoms with Crippen molar-refractivity contribution in [2.75, 3.05) is 7.11 Å². The monoisotopic (exact) mass is 276 g/mol. The lowest BCUT2D eigenvalue weighted by molar-refractivity contribution is 0.106. The van der Waals surface area contributed by atoms with E-state index < -0.39 is 0 Å². The molecule has 2 heterocycles. The van der Waals surface area contributed by atoms with Crippen LogP contribution >= 0.6 is 12.2 Å². The molecule has 0 aliphatic heterocycles. The van der Waals surface area contributed by atoms with E-state index in [2.05, 4.69) is 19.7 Å². The number of ether oxygens (including phenoxy) is 1. The molecule has 100 valence electrons. The largest absolute Gasteiger partial charge is 0.381 e. The van der Waals surface area contributed by atoms with Crippen LogP contribution in [0, 0.1) is 4.77 Å². The van der Waals surface area contributed by atoms with Gasteiger partial charge in [-0.25, -0.2) is 0 Å². The summed E-state index contributed by atoms with van der Waals surface area (Å²) in [6.07, 6.45) is 7.01. The van der Waals surface area contributed by atoms with Crippen molar-refractivity contribution in [1.82, 2.24) is 19.7 Å². The quantitative estimate of drug-likeness (QED) is 0.876. The van der Waals surface area contributed by atoms with Crippen molar-refractivity contribution in [2.45, 2.75) is 31.4 Å². The standard InChI is InChI=1S/C13H16N4OS/c1-18-11-5-4-10(7-11)17-12(15-16-13(17)19)9-3-2-6-14-8-9/h2-3,6,8,10-11H,4-5,7H2,1H3,(H,16,19). The van der Waals surface area contributed by atoms with Gasteiger partial charge in [-0.1, -0.05) is 0 Å². The van der Waals surface area contributed by atoms with Crippen LogP contribution in [-0.2, 0) is 4.74 Å². The van der Waals surface area contributed by atoms with Crippen LogP contribution in [0.1, 0.15) is 25.3 Å². The van der Waals surface area contributed by atoms with Crippen LogP contribution in [0.2, 0.25) is 0 Å². The molecular formula is C13H16N4OS. The fraction of sp³-hybridized carbons (Fsp3) is 0.462. The first kappa shape index (κ1) is 12.5. The van der Waals surface area contributed by atoms with E-state index in [0.29, 0.717) is 16.9 Å². The molecule has 0 amide bonds. The fourth-order valence-electron chi connectivity index (χ4n) is 2.71. The van der Waals surface area contributed by atoms with E-state index in [1.165, 1.54) is 0 Å². The summed E-state index contributed by atoms with van der Waals surface area (Å²) in [5.41, 5.74) is 0.982. The van der Waals surface area contributed by atoms with Crippen molar-refractivity contribution in [3.63, 3.8) is 0 Å². The summed E-state index contributed by atoms with van der Waals surface area (Å²) in [6.45, 7) is 0. The smallest absolute Gasteiger partial charge is 0.195 e. The summed E-state index contributed by atoms with van der Waals surface area (Å²) in [7, 11) is 1.77. The fourth-order valence-corrected chi connectivity index (χ4v) is 2.99. The van der Waals surface area contributed by atoms with Crippen LogP contribution < -0.4 is 0 Å². The van der Waals surface area contributed by atoms with E-state index in [0.717, 1.165) is 30.7 Å². The number of pyridine rings is 1. The molecule has 19 heavy (non-hydrogen) atoms. The Kier molecular flexibility index (Phi) is 3.44. The van der Waals surface area contributed by atoms with E-state index in [1.54, 1.807) is 13.3 Å². The topological polar surface area (TPSA) is 55.7 Å². The van der Waals surface area contributed by atoms with Crippen molar-refractivity contribution in [3.8, 4) is 11.4 Å². The molecule has 0 aromatic carbocycles. The molecule has 0 radical (unpaired) electrons. The zero-order valence-electron chi connectivity index (χ0n) is 10.7. The van der Waals surface area contributed by atoms with E-state index in [9.17, 15) is 0 Å². The summed E-state index contributed by atoms with van der Waals surface area (Å²) >= 11 is 5.37. The third-order valence-electron chi connectivity index (χ3n) is 3.68. The van der Waals surface area contributed by atoms with Gasteiger partial charge >= 0.3 is 0 Å². The van der Waals surface area contributed by atoms with Crippen LogP contribution in [0.5, 0.6) is 0 Å². The Hall–Kier alpha value is -1.53. The van der Waals surface area contributed by atoms with Crippen LogP contribution in [0.3, 0.4) is 0 Å². The summed E-state index contributed by atoms with van der Waals surface area (Å²) in [4.78, 5) is 4.14. The Morgan fingerprint density at radius 1 is 1.47 bits per heavy atom. The number of methoxy groups -OCH3 is 1. The SMILES string of the molecule is COC1CCC(n2c(-c3cccnc3)n[nH]c2=S)C1. The third kappa shape index (κ3) is 2.33. The van der Waals surface area contributed by atoms with Gasteiger partial charge in [0.1, 0.15) is 0 Å². The van der Waals surface area contributed by atoms with E-state index in [-0.39, 0.29) is 0 Å². The number of aromatic amines is 1. The highest BCUT2D eigenvalue weighted by Gasteiger charge is 2.28. The van der Waals surface area contributed by atoms with Crippen molar-refractivity contribution in [3.05, 3.63) is 29.3 Å². The molecule has 0 bridgehead atoms. The molecule has 0 saturated heterocycles. The molecule has 5 nitrogen and oxygen atoms in total. The zero-order chi connectivity index (χ0) is 13.2. The van der Waals surface area contributed by atoms with E-state index >= 15 is 0 Å². The molecule has 1 aliphatic rings. The van der Waals surface area contributed by atoms with Gasteiger partial charge in [0.25, 0.3) is 0 Å². The second kappa shape index (κ2) is 5.22. The minimum atomic E-state index is 0.323. The first-order chi connectivity index (χ1) is 9.29. The number of hydrogen-bond donors (Lipinski definition) is 1. The lowest BCUT2D eigenvalue weighted by Crippen LogP contribution is -2.10. The van der Waals surface area contributed by atoms with Gasteiger partial charge in [-0.05, 0) is 43.6 Å². The molecular weight excluding hydrogens is 260 g/mol. The molecule has 1 saturated carbocycles. The first-order valence-corrected chi connectivity index (χ1v) is 6.80. The Bertz CT molecular complexity index is 607. The molecule has 0 spiro atoms. The van der Waals surface area contributed by atoms with E-state index in [4.69, 9.17) is 17.0 Å². The van der Waals surface area contributed by atoms with Crippen molar-refractivity contribution >= 4 is 12.2 Å². The number of rotatable bonds is 3. The summed E-state index contributed by atoms with van der Waals surface area (Å²) in [6, 6.07) is 4.26. The third-order valence-corrected chi connectivity index (χ3v) is 3.97. The van der Waals surface area contributed by atoms with Gasteiger partial charge in [-0.2, -0.15) is 5.10 Å². The number of H-pyrrole nitrogens is 1. The molecule has 1 aliphatic carbocycles. The average molecular weight is 276 g/mol. The number of hydrogen-bond acceptors (Lipinski definition) is 4. The summed E-state index contributed by atoms with van der Waals surface area (Å²) in [5, 5.41) is 7.24. The Labute approximate surface area is 116 Å². The van der Waals surface area contributed by atoms with Crippen molar-refractivity contribution in [2.24, 2.45) is 0 Å². The minimum absolute atomic E-state index is 0.323. The van der Waals surface area contributed by atoms with Crippen LogP contribution in [-0.4, -0.2) is 33.0 Å². The maximum absolute atomic E-state index is 5.43. The predicted molar refractivity (Wildman–Crippen MR) is 74.3 cm³/mol. The highest BCUT2D eigenvalue weighted by atomic mass is 32.1. The zero-order valence-corrected chi connectivity index (χ0v) is 11.6. The second-order valence-electron chi connectivity index (χ2n) is 4.79. The van der Waals surface area contributed by atoms with Crippen molar-refractivity contribution < 1.29 is 4.74 Å². The molecule has 2 aromatic rings. The van der Waals surface area contributed by atoms with Crippen LogP contribution in [0.4, 0.5) is 0 Å². The normalized spacial score (nSPS) is 22.8. The van der Waals surface area contributed by atoms with Crippen LogP contribution in [0.15, 0.2) is 24.5 Å². The Balaban J connectivity index is 1.98. The maximum atomic E-state index is 5.43. The molecule has 2 unspecified atom stereocenters. The highest BCUT2D eigenvalue weighted by molar-refractivity contribution is 7.71. The lowest BCUT2D eigenvalue weighted by Gasteiger charge is -2.14. The van der Waals surface area contributed by atoms with Gasteiger partial charge in [0.05, 0.1) is 6.10 Å². The summed E-state index contributed by atoms with van der Waals surface area (Å²) < 4.78 is 8.20. The van der Waals surface area contributed by atoms with Crippen molar-refractivity contribution in [1.29, 1.82) is 0 Å². The number of nitrogens with one attached hydrogen (secondary N) is 1. The summed E-state index contributed by atoms with van der Waals surface area (Å²) in [5.74, 6) is 0.861. The highest BCUT2D eigenvalue weighted by Crippen LogP contribution is 2.34. The average Bonchev–Trinajstić information content (AvgIpc) is 3.05. The van der Waals surface area contributed by atoms with Gasteiger partial charge < -0.3 is 4.74 Å². The van der Waals surface area contributed by atoms with Gasteiger partial charge in [0.15, 0.2) is 10.6 Å². The van der Waals surface area contributed by atoms with Gasteiger partial charge in [0, 0.05) is 31.1 Å². The number of nitrogens with zero attached hydrogens (tertiary/aromatic N) is 3. The van der Waals surface area contributed by atoms with Gasteiger partial charge in [0.2, 0.25) is 0 Å². The minimum Gasteiger partial charge on any atom is -0.381 e. The van der Waals surface area contributed by atoms with E-state index in [1.807, 2.05) is 18.3 Å². The molecule has 3 rings (SSSR count). The van der Waals surface area contributed by atoms with Gasteiger partial charge in [-0.3, -0.25) is 14.6 Å². The molecule has 2 atom stereocenters. The first-order valence-electron chi connectivity index (χ1n) is 6.39. The maximum Gasteiger partial charge on any atom is 0.195 e. The van der Waals surface area contributed by atoms with Crippen LogP contribution in [0.25, 0.3) is 11.4 Å².